The Hall–Kier alpha value is -2.98. The van der Waals surface area contributed by atoms with Crippen LogP contribution in [-0.4, -0.2) is 50.9 Å². The summed E-state index contributed by atoms with van der Waals surface area (Å²) in [6.07, 6.45) is 2.57. The van der Waals surface area contributed by atoms with Crippen LogP contribution in [0.2, 0.25) is 0 Å². The summed E-state index contributed by atoms with van der Waals surface area (Å²) in [4.78, 5) is 28.8. The van der Waals surface area contributed by atoms with Gasteiger partial charge in [0.25, 0.3) is 0 Å². The molecule has 0 saturated carbocycles. The zero-order valence-electron chi connectivity index (χ0n) is 18.6. The molecule has 1 fully saturated rings. The van der Waals surface area contributed by atoms with Crippen LogP contribution >= 0.6 is 0 Å². The molecule has 2 N–H and O–H groups in total. The second-order valence-electron chi connectivity index (χ2n) is 8.46. The molecule has 0 spiro atoms. The van der Waals surface area contributed by atoms with Gasteiger partial charge in [0, 0.05) is 31.0 Å². The van der Waals surface area contributed by atoms with E-state index in [0.29, 0.717) is 24.2 Å². The van der Waals surface area contributed by atoms with Gasteiger partial charge in [-0.1, -0.05) is 0 Å². The SMILES string of the molecule is Cc1cc(F)ccc1NC(=O)[C@H](C)NS(=O)(=O)c1ccc2c(c1)CCN2C(=O)N1CCCC1. The van der Waals surface area contributed by atoms with Gasteiger partial charge in [-0.15, -0.1) is 0 Å². The van der Waals surface area contributed by atoms with Crippen LogP contribution in [0.15, 0.2) is 41.3 Å². The minimum atomic E-state index is -3.97. The first-order valence-electron chi connectivity index (χ1n) is 10.9. The summed E-state index contributed by atoms with van der Waals surface area (Å²) >= 11 is 0. The Bertz CT molecular complexity index is 1190. The van der Waals surface area contributed by atoms with Crippen molar-refractivity contribution < 1.29 is 22.4 Å². The maximum absolute atomic E-state index is 13.3. The molecule has 1 atom stereocenters. The van der Waals surface area contributed by atoms with E-state index in [2.05, 4.69) is 10.0 Å². The Labute approximate surface area is 192 Å². The number of hydrogen-bond donors (Lipinski definition) is 2. The number of aryl methyl sites for hydroxylation is 1. The summed E-state index contributed by atoms with van der Waals surface area (Å²) in [6.45, 7) is 5.10. The number of amides is 3. The number of nitrogens with one attached hydrogen (secondary N) is 2. The Morgan fingerprint density at radius 2 is 1.79 bits per heavy atom. The third-order valence-electron chi connectivity index (χ3n) is 6.04. The molecule has 4 rings (SSSR count). The van der Waals surface area contributed by atoms with Gasteiger partial charge in [0.1, 0.15) is 5.82 Å². The van der Waals surface area contributed by atoms with Gasteiger partial charge in [-0.05, 0) is 80.6 Å². The zero-order valence-corrected chi connectivity index (χ0v) is 19.4. The van der Waals surface area contributed by atoms with Crippen LogP contribution < -0.4 is 14.9 Å². The second kappa shape index (κ2) is 9.11. The summed E-state index contributed by atoms with van der Waals surface area (Å²) in [7, 11) is -3.97. The molecule has 33 heavy (non-hydrogen) atoms. The third-order valence-corrected chi connectivity index (χ3v) is 7.57. The average Bonchev–Trinajstić information content (AvgIpc) is 3.44. The molecule has 3 amide bonds. The van der Waals surface area contributed by atoms with Crippen molar-refractivity contribution in [2.24, 2.45) is 0 Å². The Kier molecular flexibility index (Phi) is 6.40. The van der Waals surface area contributed by atoms with Gasteiger partial charge in [0.15, 0.2) is 0 Å². The van der Waals surface area contributed by atoms with Crippen LogP contribution in [0.25, 0.3) is 0 Å². The second-order valence-corrected chi connectivity index (χ2v) is 10.2. The van der Waals surface area contributed by atoms with Crippen LogP contribution in [-0.2, 0) is 21.2 Å². The molecular weight excluding hydrogens is 447 g/mol. The third kappa shape index (κ3) is 4.86. The lowest BCUT2D eigenvalue weighted by molar-refractivity contribution is -0.117. The van der Waals surface area contributed by atoms with E-state index in [1.807, 2.05) is 4.90 Å². The quantitative estimate of drug-likeness (QED) is 0.696. The number of anilines is 2. The van der Waals surface area contributed by atoms with Crippen molar-refractivity contribution in [2.45, 2.75) is 44.0 Å². The monoisotopic (exact) mass is 474 g/mol. The molecule has 0 bridgehead atoms. The predicted molar refractivity (Wildman–Crippen MR) is 123 cm³/mol. The van der Waals surface area contributed by atoms with E-state index in [1.54, 1.807) is 24.0 Å². The zero-order chi connectivity index (χ0) is 23.8. The molecule has 2 aromatic carbocycles. The highest BCUT2D eigenvalue weighted by Gasteiger charge is 2.31. The highest BCUT2D eigenvalue weighted by molar-refractivity contribution is 7.89. The molecule has 176 valence electrons. The molecule has 0 radical (unpaired) electrons. The highest BCUT2D eigenvalue weighted by atomic mass is 32.2. The van der Waals surface area contributed by atoms with Crippen LogP contribution in [0.3, 0.4) is 0 Å². The normalized spacial score (nSPS) is 16.6. The summed E-state index contributed by atoms with van der Waals surface area (Å²) in [5, 5.41) is 2.62. The number of carbonyl (C=O) groups excluding carboxylic acids is 2. The largest absolute Gasteiger partial charge is 0.324 e. The van der Waals surface area contributed by atoms with Crippen LogP contribution in [0.4, 0.5) is 20.6 Å². The number of fused-ring (bicyclic) bond motifs is 1. The fraction of sp³-hybridized carbons (Fsp3) is 0.391. The Morgan fingerprint density at radius 3 is 2.48 bits per heavy atom. The highest BCUT2D eigenvalue weighted by Crippen LogP contribution is 2.31. The van der Waals surface area contributed by atoms with Crippen molar-refractivity contribution in [3.8, 4) is 0 Å². The number of benzene rings is 2. The van der Waals surface area contributed by atoms with E-state index in [4.69, 9.17) is 0 Å². The van der Waals surface area contributed by atoms with Gasteiger partial charge >= 0.3 is 6.03 Å². The first-order chi connectivity index (χ1) is 15.7. The molecule has 2 aromatic rings. The molecule has 1 saturated heterocycles. The molecule has 0 unspecified atom stereocenters. The van der Waals surface area contributed by atoms with E-state index < -0.39 is 27.8 Å². The summed E-state index contributed by atoms with van der Waals surface area (Å²) < 4.78 is 41.5. The number of halogens is 1. The molecule has 2 heterocycles. The summed E-state index contributed by atoms with van der Waals surface area (Å²) in [6, 6.07) is 7.50. The van der Waals surface area contributed by atoms with Crippen molar-refractivity contribution >= 4 is 33.3 Å². The van der Waals surface area contributed by atoms with Crippen LogP contribution in [0.5, 0.6) is 0 Å². The molecule has 8 nitrogen and oxygen atoms in total. The Morgan fingerprint density at radius 1 is 1.06 bits per heavy atom. The molecule has 10 heteroatoms. The first-order valence-corrected chi connectivity index (χ1v) is 12.4. The first kappa shape index (κ1) is 23.2. The Balaban J connectivity index is 1.45. The van der Waals surface area contributed by atoms with Crippen LogP contribution in [0.1, 0.15) is 30.9 Å². The van der Waals surface area contributed by atoms with Gasteiger partial charge in [-0.3, -0.25) is 9.69 Å². The van der Waals surface area contributed by atoms with Gasteiger partial charge in [-0.25, -0.2) is 17.6 Å². The van der Waals surface area contributed by atoms with Crippen molar-refractivity contribution in [3.05, 3.63) is 53.3 Å². The van der Waals surface area contributed by atoms with Crippen LogP contribution in [0, 0.1) is 12.7 Å². The van der Waals surface area contributed by atoms with Crippen molar-refractivity contribution in [3.63, 3.8) is 0 Å². The van der Waals surface area contributed by atoms with Gasteiger partial charge in [0.2, 0.25) is 15.9 Å². The van der Waals surface area contributed by atoms with Gasteiger partial charge in [0.05, 0.1) is 10.9 Å². The molecule has 0 aromatic heterocycles. The van der Waals surface area contributed by atoms with Gasteiger partial charge in [-0.2, -0.15) is 4.72 Å². The van der Waals surface area contributed by atoms with E-state index >= 15 is 0 Å². The molecule has 0 aliphatic carbocycles. The predicted octanol–water partition coefficient (Wildman–Crippen LogP) is 3.02. The fourth-order valence-corrected chi connectivity index (χ4v) is 5.44. The summed E-state index contributed by atoms with van der Waals surface area (Å²) in [5.74, 6) is -0.978. The molecule has 2 aliphatic heterocycles. The average molecular weight is 475 g/mol. The van der Waals surface area contributed by atoms with Gasteiger partial charge < -0.3 is 10.2 Å². The maximum atomic E-state index is 13.3. The minimum absolute atomic E-state index is 0.0364. The number of rotatable bonds is 5. The van der Waals surface area contributed by atoms with E-state index in [-0.39, 0.29) is 10.9 Å². The number of hydrogen-bond acceptors (Lipinski definition) is 4. The van der Waals surface area contributed by atoms with Crippen molar-refractivity contribution in [1.29, 1.82) is 0 Å². The summed E-state index contributed by atoms with van der Waals surface area (Å²) in [5.41, 5.74) is 2.45. The number of sulfonamides is 1. The maximum Gasteiger partial charge on any atom is 0.324 e. The van der Waals surface area contributed by atoms with Crippen molar-refractivity contribution in [1.82, 2.24) is 9.62 Å². The number of carbonyl (C=O) groups is 2. The number of nitrogens with zero attached hydrogens (tertiary/aromatic N) is 2. The lowest BCUT2D eigenvalue weighted by atomic mass is 10.2. The lowest BCUT2D eigenvalue weighted by Crippen LogP contribution is -2.41. The van der Waals surface area contributed by atoms with E-state index in [0.717, 1.165) is 37.2 Å². The van der Waals surface area contributed by atoms with E-state index in [9.17, 15) is 22.4 Å². The number of likely N-dealkylation sites (tertiary alicyclic amines) is 1. The fourth-order valence-electron chi connectivity index (χ4n) is 4.19. The van der Waals surface area contributed by atoms with E-state index in [1.165, 1.54) is 31.2 Å². The molecule has 2 aliphatic rings. The molecular formula is C23H27FN4O4S. The van der Waals surface area contributed by atoms with Crippen molar-refractivity contribution in [2.75, 3.05) is 29.9 Å². The smallest absolute Gasteiger partial charge is 0.324 e. The standard InChI is InChI=1S/C23H27FN4O4S/c1-15-13-18(24)5-7-20(15)25-22(29)16(2)26-33(31,32)19-6-8-21-17(14-19)9-12-28(21)23(30)27-10-3-4-11-27/h5-8,13-14,16,26H,3-4,9-12H2,1-2H3,(H,25,29)/t16-/m0/s1. The number of urea groups is 1. The lowest BCUT2D eigenvalue weighted by Gasteiger charge is -2.24. The topological polar surface area (TPSA) is 98.8 Å². The minimum Gasteiger partial charge on any atom is -0.324 e.